The van der Waals surface area contributed by atoms with E-state index in [1.807, 2.05) is 6.92 Å². The molecule has 0 bridgehead atoms. The van der Waals surface area contributed by atoms with Crippen LogP contribution in [0.4, 0.5) is 0 Å². The van der Waals surface area contributed by atoms with Crippen molar-refractivity contribution in [2.24, 2.45) is 5.92 Å². The van der Waals surface area contributed by atoms with E-state index in [0.29, 0.717) is 6.61 Å². The van der Waals surface area contributed by atoms with E-state index in [9.17, 15) is 4.79 Å². The molecular formula is C10H18O3. The Morgan fingerprint density at radius 3 is 3.00 bits per heavy atom. The maximum Gasteiger partial charge on any atom is 0.164 e. The molecule has 2 unspecified atom stereocenters. The lowest BCUT2D eigenvalue weighted by atomic mass is 9.97. The SMILES string of the molecule is COCCC(C)C(=O)C1CCCO1. The largest absolute Gasteiger partial charge is 0.385 e. The molecule has 1 aliphatic rings. The van der Waals surface area contributed by atoms with Gasteiger partial charge in [-0.05, 0) is 19.3 Å². The zero-order valence-electron chi connectivity index (χ0n) is 8.41. The lowest BCUT2D eigenvalue weighted by Crippen LogP contribution is -2.26. The van der Waals surface area contributed by atoms with Gasteiger partial charge in [0, 0.05) is 26.2 Å². The summed E-state index contributed by atoms with van der Waals surface area (Å²) in [5.41, 5.74) is 0. The Labute approximate surface area is 79.4 Å². The summed E-state index contributed by atoms with van der Waals surface area (Å²) < 4.78 is 10.3. The van der Waals surface area contributed by atoms with Crippen LogP contribution in [0.15, 0.2) is 0 Å². The van der Waals surface area contributed by atoms with Crippen molar-refractivity contribution >= 4 is 5.78 Å². The third-order valence-electron chi connectivity index (χ3n) is 2.49. The minimum atomic E-state index is -0.133. The maximum absolute atomic E-state index is 11.7. The quantitative estimate of drug-likeness (QED) is 0.651. The standard InChI is InChI=1S/C10H18O3/c1-8(5-7-12-2)10(11)9-4-3-6-13-9/h8-9H,3-7H2,1-2H3. The molecule has 0 N–H and O–H groups in total. The van der Waals surface area contributed by atoms with Crippen LogP contribution in [0.2, 0.25) is 0 Å². The van der Waals surface area contributed by atoms with Gasteiger partial charge in [0.05, 0.1) is 0 Å². The lowest BCUT2D eigenvalue weighted by Gasteiger charge is -2.14. The van der Waals surface area contributed by atoms with E-state index in [2.05, 4.69) is 0 Å². The molecule has 0 radical (unpaired) electrons. The van der Waals surface area contributed by atoms with E-state index < -0.39 is 0 Å². The van der Waals surface area contributed by atoms with E-state index >= 15 is 0 Å². The van der Waals surface area contributed by atoms with E-state index in [1.165, 1.54) is 0 Å². The van der Waals surface area contributed by atoms with Gasteiger partial charge < -0.3 is 9.47 Å². The number of rotatable bonds is 5. The van der Waals surface area contributed by atoms with Crippen LogP contribution in [0, 0.1) is 5.92 Å². The fourth-order valence-corrected chi connectivity index (χ4v) is 1.56. The molecule has 2 atom stereocenters. The summed E-state index contributed by atoms with van der Waals surface area (Å²) >= 11 is 0. The van der Waals surface area contributed by atoms with Gasteiger partial charge >= 0.3 is 0 Å². The molecule has 1 rings (SSSR count). The van der Waals surface area contributed by atoms with E-state index in [0.717, 1.165) is 25.9 Å². The molecule has 1 fully saturated rings. The second kappa shape index (κ2) is 5.35. The Morgan fingerprint density at radius 1 is 1.69 bits per heavy atom. The highest BCUT2D eigenvalue weighted by Crippen LogP contribution is 2.18. The van der Waals surface area contributed by atoms with Crippen LogP contribution in [0.25, 0.3) is 0 Å². The molecule has 0 aromatic heterocycles. The van der Waals surface area contributed by atoms with Gasteiger partial charge in [0.1, 0.15) is 6.10 Å². The fourth-order valence-electron chi connectivity index (χ4n) is 1.56. The van der Waals surface area contributed by atoms with Crippen molar-refractivity contribution in [2.45, 2.75) is 32.3 Å². The molecule has 13 heavy (non-hydrogen) atoms. The second-order valence-corrected chi connectivity index (χ2v) is 3.59. The highest BCUT2D eigenvalue weighted by Gasteiger charge is 2.27. The third-order valence-corrected chi connectivity index (χ3v) is 2.49. The first-order chi connectivity index (χ1) is 6.25. The van der Waals surface area contributed by atoms with Crippen molar-refractivity contribution in [3.63, 3.8) is 0 Å². The Balaban J connectivity index is 2.28. The van der Waals surface area contributed by atoms with Gasteiger partial charge in [0.25, 0.3) is 0 Å². The Morgan fingerprint density at radius 2 is 2.46 bits per heavy atom. The predicted molar refractivity (Wildman–Crippen MR) is 49.6 cm³/mol. The Bertz CT molecular complexity index is 162. The molecule has 3 heteroatoms. The highest BCUT2D eigenvalue weighted by atomic mass is 16.5. The molecule has 0 aromatic carbocycles. The molecule has 0 saturated carbocycles. The van der Waals surface area contributed by atoms with Gasteiger partial charge in [0.2, 0.25) is 0 Å². The minimum absolute atomic E-state index is 0.0723. The molecular weight excluding hydrogens is 168 g/mol. The zero-order chi connectivity index (χ0) is 9.68. The summed E-state index contributed by atoms with van der Waals surface area (Å²) in [6.07, 6.45) is 2.59. The number of carbonyl (C=O) groups is 1. The summed E-state index contributed by atoms with van der Waals surface area (Å²) in [5.74, 6) is 0.317. The molecule has 0 aromatic rings. The van der Waals surface area contributed by atoms with Crippen molar-refractivity contribution in [2.75, 3.05) is 20.3 Å². The van der Waals surface area contributed by atoms with Crippen molar-refractivity contribution in [1.82, 2.24) is 0 Å². The maximum atomic E-state index is 11.7. The van der Waals surface area contributed by atoms with Crippen molar-refractivity contribution in [3.05, 3.63) is 0 Å². The molecule has 1 heterocycles. The highest BCUT2D eigenvalue weighted by molar-refractivity contribution is 5.85. The predicted octanol–water partition coefficient (Wildman–Crippen LogP) is 1.41. The lowest BCUT2D eigenvalue weighted by molar-refractivity contribution is -0.131. The zero-order valence-corrected chi connectivity index (χ0v) is 8.41. The van der Waals surface area contributed by atoms with Crippen LogP contribution >= 0.6 is 0 Å². The Hall–Kier alpha value is -0.410. The Kier molecular flexibility index (Phi) is 4.39. The first-order valence-corrected chi connectivity index (χ1v) is 4.90. The van der Waals surface area contributed by atoms with Crippen LogP contribution in [0.1, 0.15) is 26.2 Å². The fraction of sp³-hybridized carbons (Fsp3) is 0.900. The van der Waals surface area contributed by atoms with Gasteiger partial charge in [-0.2, -0.15) is 0 Å². The van der Waals surface area contributed by atoms with Gasteiger partial charge in [0.15, 0.2) is 5.78 Å². The number of hydrogen-bond donors (Lipinski definition) is 0. The molecule has 0 spiro atoms. The van der Waals surface area contributed by atoms with Gasteiger partial charge in [-0.15, -0.1) is 0 Å². The summed E-state index contributed by atoms with van der Waals surface area (Å²) in [7, 11) is 1.66. The van der Waals surface area contributed by atoms with Crippen LogP contribution in [0.3, 0.4) is 0 Å². The van der Waals surface area contributed by atoms with Crippen LogP contribution in [0.5, 0.6) is 0 Å². The average molecular weight is 186 g/mol. The minimum Gasteiger partial charge on any atom is -0.385 e. The number of hydrogen-bond acceptors (Lipinski definition) is 3. The average Bonchev–Trinajstić information content (AvgIpc) is 2.65. The number of ether oxygens (including phenoxy) is 2. The van der Waals surface area contributed by atoms with Crippen molar-refractivity contribution in [1.29, 1.82) is 0 Å². The van der Waals surface area contributed by atoms with E-state index in [-0.39, 0.29) is 17.8 Å². The van der Waals surface area contributed by atoms with E-state index in [4.69, 9.17) is 9.47 Å². The number of Topliss-reactive ketones (excluding diaryl/α,β-unsaturated/α-hetero) is 1. The summed E-state index contributed by atoms with van der Waals surface area (Å²) in [6.45, 7) is 3.34. The van der Waals surface area contributed by atoms with Gasteiger partial charge in [-0.25, -0.2) is 0 Å². The third kappa shape index (κ3) is 3.08. The van der Waals surface area contributed by atoms with Crippen LogP contribution in [-0.4, -0.2) is 32.2 Å². The normalized spacial score (nSPS) is 24.6. The summed E-state index contributed by atoms with van der Waals surface area (Å²) in [6, 6.07) is 0. The van der Waals surface area contributed by atoms with Crippen molar-refractivity contribution < 1.29 is 14.3 Å². The molecule has 0 aliphatic carbocycles. The van der Waals surface area contributed by atoms with Crippen LogP contribution in [-0.2, 0) is 14.3 Å². The number of methoxy groups -OCH3 is 1. The summed E-state index contributed by atoms with van der Waals surface area (Å²) in [5, 5.41) is 0. The second-order valence-electron chi connectivity index (χ2n) is 3.59. The molecule has 1 aliphatic heterocycles. The molecule has 1 saturated heterocycles. The van der Waals surface area contributed by atoms with Crippen LogP contribution < -0.4 is 0 Å². The van der Waals surface area contributed by atoms with Crippen molar-refractivity contribution in [3.8, 4) is 0 Å². The molecule has 3 nitrogen and oxygen atoms in total. The first-order valence-electron chi connectivity index (χ1n) is 4.90. The first kappa shape index (κ1) is 10.7. The molecule has 0 amide bonds. The van der Waals surface area contributed by atoms with Gasteiger partial charge in [-0.3, -0.25) is 4.79 Å². The van der Waals surface area contributed by atoms with E-state index in [1.54, 1.807) is 7.11 Å². The summed E-state index contributed by atoms with van der Waals surface area (Å²) in [4.78, 5) is 11.7. The number of ketones is 1. The monoisotopic (exact) mass is 186 g/mol. The number of carbonyl (C=O) groups excluding carboxylic acids is 1. The topological polar surface area (TPSA) is 35.5 Å². The smallest absolute Gasteiger partial charge is 0.164 e. The van der Waals surface area contributed by atoms with Gasteiger partial charge in [-0.1, -0.05) is 6.92 Å². The molecule has 76 valence electrons.